The van der Waals surface area contributed by atoms with E-state index in [4.69, 9.17) is 5.26 Å². The predicted molar refractivity (Wildman–Crippen MR) is 73.1 cm³/mol. The van der Waals surface area contributed by atoms with Gasteiger partial charge in [-0.25, -0.2) is 13.1 Å². The van der Waals surface area contributed by atoms with Crippen LogP contribution in [0.2, 0.25) is 0 Å². The van der Waals surface area contributed by atoms with Gasteiger partial charge in [-0.1, -0.05) is 18.2 Å². The van der Waals surface area contributed by atoms with Crippen LogP contribution in [0.1, 0.15) is 17.5 Å². The van der Waals surface area contributed by atoms with Crippen molar-refractivity contribution < 1.29 is 18.0 Å². The first-order valence-electron chi connectivity index (χ1n) is 6.12. The van der Waals surface area contributed by atoms with Gasteiger partial charge in [-0.05, 0) is 11.6 Å². The topological polar surface area (TPSA) is 107 Å². The first-order valence-corrected chi connectivity index (χ1v) is 7.77. The van der Waals surface area contributed by atoms with Crippen molar-refractivity contribution >= 4 is 21.8 Å². The highest BCUT2D eigenvalue weighted by atomic mass is 32.2. The average Bonchev–Trinajstić information content (AvgIpc) is 2.66. The van der Waals surface area contributed by atoms with E-state index in [2.05, 4.69) is 4.72 Å². The van der Waals surface area contributed by atoms with Crippen molar-refractivity contribution in [3.8, 4) is 6.07 Å². The van der Waals surface area contributed by atoms with Crippen LogP contribution in [0, 0.1) is 11.3 Å². The number of imide groups is 1. The first kappa shape index (κ1) is 15.2. The van der Waals surface area contributed by atoms with Gasteiger partial charge in [-0.2, -0.15) is 5.26 Å². The Morgan fingerprint density at radius 1 is 1.38 bits per heavy atom. The van der Waals surface area contributed by atoms with E-state index in [1.165, 1.54) is 19.2 Å². The van der Waals surface area contributed by atoms with E-state index in [-0.39, 0.29) is 12.0 Å². The Labute approximate surface area is 122 Å². The lowest BCUT2D eigenvalue weighted by Crippen LogP contribution is -2.41. The Balaban J connectivity index is 2.15. The molecule has 0 aliphatic carbocycles. The average molecular weight is 307 g/mol. The number of nitrogens with zero attached hydrogens (tertiary/aromatic N) is 2. The maximum absolute atomic E-state index is 12.1. The third-order valence-electron chi connectivity index (χ3n) is 3.19. The van der Waals surface area contributed by atoms with Crippen molar-refractivity contribution in [3.05, 3.63) is 35.4 Å². The standard InChI is InChI=1S/C13H13N3O4S/c1-16-12(17)6-11(13(16)18)15-21(19,20)8-10-5-3-2-4-9(10)7-14/h2-5,11,15H,6,8H2,1H3. The van der Waals surface area contributed by atoms with E-state index >= 15 is 0 Å². The van der Waals surface area contributed by atoms with Crippen molar-refractivity contribution in [2.24, 2.45) is 0 Å². The Hall–Kier alpha value is -2.24. The van der Waals surface area contributed by atoms with Crippen molar-refractivity contribution in [3.63, 3.8) is 0 Å². The molecular weight excluding hydrogens is 294 g/mol. The van der Waals surface area contributed by atoms with Gasteiger partial charge in [0.2, 0.25) is 21.8 Å². The maximum atomic E-state index is 12.1. The summed E-state index contributed by atoms with van der Waals surface area (Å²) < 4.78 is 26.4. The molecule has 1 heterocycles. The molecule has 1 atom stereocenters. The van der Waals surface area contributed by atoms with Crippen molar-refractivity contribution in [2.45, 2.75) is 18.2 Å². The van der Waals surface area contributed by atoms with E-state index in [0.717, 1.165) is 4.90 Å². The second kappa shape index (κ2) is 5.63. The molecule has 1 fully saturated rings. The number of benzene rings is 1. The summed E-state index contributed by atoms with van der Waals surface area (Å²) in [5, 5.41) is 8.94. The van der Waals surface area contributed by atoms with Crippen LogP contribution in [0.5, 0.6) is 0 Å². The van der Waals surface area contributed by atoms with Gasteiger partial charge in [-0.15, -0.1) is 0 Å². The molecule has 110 valence electrons. The highest BCUT2D eigenvalue weighted by molar-refractivity contribution is 7.88. The number of hydrogen-bond donors (Lipinski definition) is 1. The molecule has 0 radical (unpaired) electrons. The van der Waals surface area contributed by atoms with E-state index in [1.54, 1.807) is 12.1 Å². The quantitative estimate of drug-likeness (QED) is 0.771. The molecule has 21 heavy (non-hydrogen) atoms. The first-order chi connectivity index (χ1) is 9.84. The van der Waals surface area contributed by atoms with Crippen molar-refractivity contribution in [1.29, 1.82) is 5.26 Å². The molecule has 7 nitrogen and oxygen atoms in total. The smallest absolute Gasteiger partial charge is 0.247 e. The van der Waals surface area contributed by atoms with Crippen LogP contribution in [0.4, 0.5) is 0 Å². The largest absolute Gasteiger partial charge is 0.284 e. The van der Waals surface area contributed by atoms with Crippen LogP contribution >= 0.6 is 0 Å². The summed E-state index contributed by atoms with van der Waals surface area (Å²) in [4.78, 5) is 24.0. The maximum Gasteiger partial charge on any atom is 0.247 e. The zero-order chi connectivity index (χ0) is 15.6. The van der Waals surface area contributed by atoms with Crippen LogP contribution in [0.15, 0.2) is 24.3 Å². The van der Waals surface area contributed by atoms with Gasteiger partial charge in [0.05, 0.1) is 23.8 Å². The van der Waals surface area contributed by atoms with Crippen LogP contribution < -0.4 is 4.72 Å². The number of carbonyl (C=O) groups is 2. The van der Waals surface area contributed by atoms with Gasteiger partial charge in [0.1, 0.15) is 6.04 Å². The number of sulfonamides is 1. The Bertz CT molecular complexity index is 736. The SMILES string of the molecule is CN1C(=O)CC(NS(=O)(=O)Cc2ccccc2C#N)C1=O. The fraction of sp³-hybridized carbons (Fsp3) is 0.308. The molecule has 2 rings (SSSR count). The molecular formula is C13H13N3O4S. The summed E-state index contributed by atoms with van der Waals surface area (Å²) >= 11 is 0. The molecule has 1 saturated heterocycles. The highest BCUT2D eigenvalue weighted by Gasteiger charge is 2.38. The van der Waals surface area contributed by atoms with E-state index in [1.807, 2.05) is 6.07 Å². The number of nitriles is 1. The predicted octanol–water partition coefficient (Wildman–Crippen LogP) is -0.265. The monoisotopic (exact) mass is 307 g/mol. The molecule has 1 aliphatic rings. The molecule has 0 spiro atoms. The highest BCUT2D eigenvalue weighted by Crippen LogP contribution is 2.15. The van der Waals surface area contributed by atoms with Crippen LogP contribution in [0.3, 0.4) is 0 Å². The van der Waals surface area contributed by atoms with Crippen LogP contribution in [0.25, 0.3) is 0 Å². The minimum absolute atomic E-state index is 0.186. The lowest BCUT2D eigenvalue weighted by molar-refractivity contribution is -0.137. The van der Waals surface area contributed by atoms with Crippen molar-refractivity contribution in [1.82, 2.24) is 9.62 Å². The van der Waals surface area contributed by atoms with Gasteiger partial charge in [-0.3, -0.25) is 14.5 Å². The molecule has 0 aromatic heterocycles. The van der Waals surface area contributed by atoms with E-state index < -0.39 is 33.6 Å². The summed E-state index contributed by atoms with van der Waals surface area (Å²) in [5.41, 5.74) is 0.603. The summed E-state index contributed by atoms with van der Waals surface area (Å²) in [7, 11) is -2.52. The van der Waals surface area contributed by atoms with E-state index in [0.29, 0.717) is 5.56 Å². The Morgan fingerprint density at radius 3 is 2.62 bits per heavy atom. The van der Waals surface area contributed by atoms with Gasteiger partial charge < -0.3 is 0 Å². The minimum Gasteiger partial charge on any atom is -0.284 e. The second-order valence-electron chi connectivity index (χ2n) is 4.69. The summed E-state index contributed by atoms with van der Waals surface area (Å²) in [5.74, 6) is -1.42. The van der Waals surface area contributed by atoms with Gasteiger partial charge in [0.25, 0.3) is 0 Å². The number of hydrogen-bond acceptors (Lipinski definition) is 5. The second-order valence-corrected chi connectivity index (χ2v) is 6.45. The molecule has 1 aliphatic heterocycles. The van der Waals surface area contributed by atoms with Gasteiger partial charge >= 0.3 is 0 Å². The number of amides is 2. The lowest BCUT2D eigenvalue weighted by Gasteiger charge is -2.12. The number of nitrogens with one attached hydrogen (secondary N) is 1. The van der Waals surface area contributed by atoms with Gasteiger partial charge in [0, 0.05) is 7.05 Å². The Kier molecular flexibility index (Phi) is 4.06. The van der Waals surface area contributed by atoms with E-state index in [9.17, 15) is 18.0 Å². The van der Waals surface area contributed by atoms with Crippen molar-refractivity contribution in [2.75, 3.05) is 7.05 Å². The molecule has 1 N–H and O–H groups in total. The third kappa shape index (κ3) is 3.26. The summed E-state index contributed by atoms with van der Waals surface area (Å²) in [6.07, 6.45) is -0.186. The van der Waals surface area contributed by atoms with Crippen LogP contribution in [-0.4, -0.2) is 38.2 Å². The molecule has 2 amide bonds. The summed E-state index contributed by atoms with van der Waals surface area (Å²) in [6.45, 7) is 0. The zero-order valence-corrected chi connectivity index (χ0v) is 12.1. The number of carbonyl (C=O) groups excluding carboxylic acids is 2. The molecule has 0 saturated carbocycles. The third-order valence-corrected chi connectivity index (χ3v) is 4.52. The fourth-order valence-corrected chi connectivity index (χ4v) is 3.43. The number of likely N-dealkylation sites (N-methyl/N-ethyl adjacent to an activating group) is 1. The molecule has 1 unspecified atom stereocenters. The Morgan fingerprint density at radius 2 is 2.05 bits per heavy atom. The fourth-order valence-electron chi connectivity index (χ4n) is 2.07. The molecule has 0 bridgehead atoms. The lowest BCUT2D eigenvalue weighted by atomic mass is 10.1. The van der Waals surface area contributed by atoms with Crippen LogP contribution in [-0.2, 0) is 25.4 Å². The number of likely N-dealkylation sites (tertiary alicyclic amines) is 1. The molecule has 8 heteroatoms. The number of rotatable bonds is 4. The normalized spacial score (nSPS) is 18.9. The minimum atomic E-state index is -3.83. The van der Waals surface area contributed by atoms with Gasteiger partial charge in [0.15, 0.2) is 0 Å². The zero-order valence-electron chi connectivity index (χ0n) is 11.2. The summed E-state index contributed by atoms with van der Waals surface area (Å²) in [6, 6.07) is 7.16. The molecule has 1 aromatic carbocycles. The molecule has 1 aromatic rings.